The number of fused-ring (bicyclic) bond motifs is 2. The Labute approximate surface area is 273 Å². The molecule has 1 aliphatic carbocycles. The van der Waals surface area contributed by atoms with Crippen LogP contribution in [0.25, 0.3) is 0 Å². The van der Waals surface area contributed by atoms with E-state index in [2.05, 4.69) is 61.4 Å². The van der Waals surface area contributed by atoms with Gasteiger partial charge in [-0.3, -0.25) is 0 Å². The molecule has 3 aliphatic rings. The normalized spacial score (nSPS) is 20.4. The van der Waals surface area contributed by atoms with E-state index in [1.165, 1.54) is 11.1 Å². The van der Waals surface area contributed by atoms with Gasteiger partial charge in [-0.15, -0.1) is 0 Å². The van der Waals surface area contributed by atoms with Gasteiger partial charge in [-0.25, -0.2) is 8.42 Å². The number of rotatable bonds is 9. The molecule has 0 amide bonds. The van der Waals surface area contributed by atoms with E-state index in [9.17, 15) is 18.6 Å². The Morgan fingerprint density at radius 3 is 2.17 bits per heavy atom. The molecule has 0 aromatic heterocycles. The SMILES string of the molecule is CC1(C)C(/C=C/C2=C(S(=O)(=O)c3ccccc3)C(=C/C=C3/N(CCO)c4ccccc4C3(C)C)/CC2)=[N+](CCO)c2ccccc21. The molecule has 2 aliphatic heterocycles. The number of aliphatic hydroxyl groups is 2. The number of nitrogens with zero attached hydrogens (tertiary/aromatic N) is 2. The predicted molar refractivity (Wildman–Crippen MR) is 185 cm³/mol. The van der Waals surface area contributed by atoms with Gasteiger partial charge in [0.2, 0.25) is 15.5 Å². The quantitative estimate of drug-likeness (QED) is 0.255. The molecule has 7 heteroatoms. The molecule has 46 heavy (non-hydrogen) atoms. The van der Waals surface area contributed by atoms with Crippen LogP contribution in [0.3, 0.4) is 0 Å². The van der Waals surface area contributed by atoms with Gasteiger partial charge < -0.3 is 15.1 Å². The third-order valence-corrected chi connectivity index (χ3v) is 11.7. The second-order valence-corrected chi connectivity index (χ2v) is 15.1. The fourth-order valence-corrected chi connectivity index (χ4v) is 9.19. The van der Waals surface area contributed by atoms with Gasteiger partial charge in [-0.1, -0.05) is 80.6 Å². The highest BCUT2D eigenvalue weighted by atomic mass is 32.2. The van der Waals surface area contributed by atoms with E-state index in [0.29, 0.717) is 30.8 Å². The van der Waals surface area contributed by atoms with Crippen LogP contribution >= 0.6 is 0 Å². The summed E-state index contributed by atoms with van der Waals surface area (Å²) in [5.74, 6) is 0. The van der Waals surface area contributed by atoms with Gasteiger partial charge in [0.1, 0.15) is 6.61 Å². The summed E-state index contributed by atoms with van der Waals surface area (Å²) >= 11 is 0. The minimum Gasteiger partial charge on any atom is -0.395 e. The van der Waals surface area contributed by atoms with E-state index in [1.807, 2.05) is 54.6 Å². The molecule has 0 saturated heterocycles. The maximum Gasteiger partial charge on any atom is 0.209 e. The Kier molecular flexibility index (Phi) is 8.53. The Hall–Kier alpha value is -4.04. The molecule has 3 aromatic rings. The van der Waals surface area contributed by atoms with E-state index in [4.69, 9.17) is 0 Å². The summed E-state index contributed by atoms with van der Waals surface area (Å²) in [6.45, 7) is 9.61. The van der Waals surface area contributed by atoms with Gasteiger partial charge in [0, 0.05) is 41.1 Å². The minimum absolute atomic E-state index is 0.00710. The first kappa shape index (κ1) is 31.9. The van der Waals surface area contributed by atoms with E-state index in [1.54, 1.807) is 24.3 Å². The highest BCUT2D eigenvalue weighted by molar-refractivity contribution is 7.95. The van der Waals surface area contributed by atoms with Crippen molar-refractivity contribution >= 4 is 26.9 Å². The van der Waals surface area contributed by atoms with E-state index >= 15 is 0 Å². The number of allylic oxidation sites excluding steroid dienone is 7. The van der Waals surface area contributed by atoms with Crippen LogP contribution in [0, 0.1) is 0 Å². The van der Waals surface area contributed by atoms with Crippen LogP contribution in [0.1, 0.15) is 51.7 Å². The number of para-hydroxylation sites is 2. The highest BCUT2D eigenvalue weighted by Crippen LogP contribution is 2.48. The van der Waals surface area contributed by atoms with Crippen LogP contribution in [0.4, 0.5) is 11.4 Å². The maximum absolute atomic E-state index is 14.3. The lowest BCUT2D eigenvalue weighted by Gasteiger charge is -2.26. The summed E-state index contributed by atoms with van der Waals surface area (Å²) in [4.78, 5) is 2.77. The van der Waals surface area contributed by atoms with Crippen molar-refractivity contribution in [2.24, 2.45) is 0 Å². The van der Waals surface area contributed by atoms with Crippen molar-refractivity contribution in [3.8, 4) is 0 Å². The number of hydrogen-bond acceptors (Lipinski definition) is 5. The molecule has 3 aromatic carbocycles. The summed E-state index contributed by atoms with van der Waals surface area (Å²) in [6, 6.07) is 25.1. The Balaban J connectivity index is 1.48. The molecule has 0 saturated carbocycles. The van der Waals surface area contributed by atoms with Gasteiger partial charge in [0.05, 0.1) is 21.8 Å². The molecular weight excluding hydrogens is 593 g/mol. The molecule has 238 valence electrons. The van der Waals surface area contributed by atoms with E-state index in [-0.39, 0.29) is 28.9 Å². The number of aliphatic hydroxyl groups excluding tert-OH is 2. The second-order valence-electron chi connectivity index (χ2n) is 13.2. The van der Waals surface area contributed by atoms with Crippen molar-refractivity contribution in [2.75, 3.05) is 31.2 Å². The van der Waals surface area contributed by atoms with Crippen molar-refractivity contribution in [2.45, 2.75) is 56.3 Å². The lowest BCUT2D eigenvalue weighted by atomic mass is 9.81. The first-order valence-electron chi connectivity index (χ1n) is 16.0. The molecule has 0 spiro atoms. The van der Waals surface area contributed by atoms with E-state index in [0.717, 1.165) is 33.9 Å². The van der Waals surface area contributed by atoms with Crippen molar-refractivity contribution in [1.29, 1.82) is 0 Å². The van der Waals surface area contributed by atoms with Gasteiger partial charge >= 0.3 is 0 Å². The zero-order valence-corrected chi connectivity index (χ0v) is 27.9. The topological polar surface area (TPSA) is 80.8 Å². The predicted octanol–water partition coefficient (Wildman–Crippen LogP) is 6.73. The highest BCUT2D eigenvalue weighted by Gasteiger charge is 2.44. The fourth-order valence-electron chi connectivity index (χ4n) is 7.41. The van der Waals surface area contributed by atoms with Crippen LogP contribution in [0.2, 0.25) is 0 Å². The number of anilines is 1. The molecule has 2 N–H and O–H groups in total. The Morgan fingerprint density at radius 2 is 1.46 bits per heavy atom. The summed E-state index contributed by atoms with van der Waals surface area (Å²) in [7, 11) is -3.83. The maximum atomic E-state index is 14.3. The third kappa shape index (κ3) is 5.30. The lowest BCUT2D eigenvalue weighted by molar-refractivity contribution is -0.441. The smallest absolute Gasteiger partial charge is 0.209 e. The van der Waals surface area contributed by atoms with Crippen LogP contribution in [-0.2, 0) is 20.7 Å². The summed E-state index contributed by atoms with van der Waals surface area (Å²) in [6.07, 6.45) is 9.24. The van der Waals surface area contributed by atoms with Crippen molar-refractivity contribution in [3.05, 3.63) is 136 Å². The van der Waals surface area contributed by atoms with Crippen LogP contribution in [0.15, 0.2) is 130 Å². The molecule has 6 nitrogen and oxygen atoms in total. The van der Waals surface area contributed by atoms with Gasteiger partial charge in [0.25, 0.3) is 0 Å². The van der Waals surface area contributed by atoms with Crippen LogP contribution < -0.4 is 4.90 Å². The second kappa shape index (κ2) is 12.3. The van der Waals surface area contributed by atoms with Crippen molar-refractivity contribution in [3.63, 3.8) is 0 Å². The van der Waals surface area contributed by atoms with E-state index < -0.39 is 9.84 Å². The number of hydrogen-bond donors (Lipinski definition) is 2. The van der Waals surface area contributed by atoms with Gasteiger partial charge in [-0.2, -0.15) is 4.58 Å². The first-order chi connectivity index (χ1) is 22.0. The monoisotopic (exact) mass is 635 g/mol. The van der Waals surface area contributed by atoms with Gasteiger partial charge in [-0.05, 0) is 67.7 Å². The molecule has 2 heterocycles. The molecule has 6 rings (SSSR count). The molecule has 0 bridgehead atoms. The van der Waals surface area contributed by atoms with Crippen LogP contribution in [0.5, 0.6) is 0 Å². The Morgan fingerprint density at radius 1 is 0.783 bits per heavy atom. The van der Waals surface area contributed by atoms with Crippen molar-refractivity contribution < 1.29 is 23.2 Å². The zero-order chi connectivity index (χ0) is 32.7. The molecule has 0 atom stereocenters. The minimum atomic E-state index is -3.83. The number of benzene rings is 3. The molecular formula is C39H43N2O4S+. The molecule has 0 fully saturated rings. The number of β-amino-alcohol motifs (C(OH)–C–C–N with tert-alkyl or cyclic N) is 2. The first-order valence-corrected chi connectivity index (χ1v) is 17.5. The lowest BCUT2D eigenvalue weighted by Crippen LogP contribution is -2.28. The van der Waals surface area contributed by atoms with Crippen molar-refractivity contribution in [1.82, 2.24) is 0 Å². The molecule has 0 radical (unpaired) electrons. The summed E-state index contributed by atoms with van der Waals surface area (Å²) in [5.41, 5.74) is 7.46. The standard InChI is InChI=1S/C39H43N2O4S/c1-38(2)31-14-8-10-16-33(31)40(24-26-42)35(38)22-20-28-18-19-29(37(28)46(44,45)30-12-6-5-7-13-30)21-23-36-39(3,4)32-15-9-11-17-34(32)41(36)25-27-43/h5-17,20-23,42-43H,18-19,24-27H2,1-4H3/q+1. The average Bonchev–Trinajstić information content (AvgIpc) is 3.63. The average molecular weight is 636 g/mol. The summed E-state index contributed by atoms with van der Waals surface area (Å²) in [5, 5.41) is 19.9. The largest absolute Gasteiger partial charge is 0.395 e. The van der Waals surface area contributed by atoms with Crippen LogP contribution in [-0.4, -0.2) is 55.2 Å². The Bertz CT molecular complexity index is 1930. The third-order valence-electron chi connectivity index (χ3n) is 9.70. The fraction of sp³-hybridized carbons (Fsp3) is 0.308. The molecule has 0 unspecified atom stereocenters. The number of sulfone groups is 1. The summed E-state index contributed by atoms with van der Waals surface area (Å²) < 4.78 is 30.8. The zero-order valence-electron chi connectivity index (χ0n) is 27.1. The van der Waals surface area contributed by atoms with Gasteiger partial charge in [0.15, 0.2) is 12.3 Å².